The third-order valence-corrected chi connectivity index (χ3v) is 2.39. The van der Waals surface area contributed by atoms with E-state index in [1.54, 1.807) is 12.4 Å². The van der Waals surface area contributed by atoms with E-state index in [4.69, 9.17) is 0 Å². The number of nitrogens with zero attached hydrogens (tertiary/aromatic N) is 3. The molecule has 1 saturated heterocycles. The SMILES string of the molecule is O=C1CC(=O)N(c2ncc(I)cn2)C1. The van der Waals surface area contributed by atoms with E-state index in [-0.39, 0.29) is 24.7 Å². The zero-order valence-electron chi connectivity index (χ0n) is 7.11. The number of rotatable bonds is 1. The van der Waals surface area contributed by atoms with Gasteiger partial charge in [-0.3, -0.25) is 14.5 Å². The molecule has 0 N–H and O–H groups in total. The topological polar surface area (TPSA) is 63.2 Å². The van der Waals surface area contributed by atoms with Gasteiger partial charge in [0.25, 0.3) is 0 Å². The van der Waals surface area contributed by atoms with Crippen molar-refractivity contribution in [1.82, 2.24) is 9.97 Å². The fourth-order valence-electron chi connectivity index (χ4n) is 1.21. The lowest BCUT2D eigenvalue weighted by molar-refractivity contribution is -0.121. The normalized spacial score (nSPS) is 16.5. The van der Waals surface area contributed by atoms with Crippen LogP contribution in [0.4, 0.5) is 5.95 Å². The number of ketones is 1. The maximum absolute atomic E-state index is 11.3. The first kappa shape index (κ1) is 9.50. The highest BCUT2D eigenvalue weighted by Crippen LogP contribution is 2.14. The molecule has 6 heteroatoms. The molecule has 1 aliphatic rings. The van der Waals surface area contributed by atoms with E-state index in [0.717, 1.165) is 3.57 Å². The molecule has 1 aromatic rings. The Hall–Kier alpha value is -1.05. The quantitative estimate of drug-likeness (QED) is 0.556. The largest absolute Gasteiger partial charge is 0.297 e. The number of Topliss-reactive ketones (excluding diaryl/α,β-unsaturated/α-hetero) is 1. The minimum Gasteiger partial charge on any atom is -0.297 e. The van der Waals surface area contributed by atoms with Crippen LogP contribution < -0.4 is 4.90 Å². The molecule has 1 aromatic heterocycles. The summed E-state index contributed by atoms with van der Waals surface area (Å²) in [7, 11) is 0. The molecule has 72 valence electrons. The van der Waals surface area contributed by atoms with Gasteiger partial charge in [-0.1, -0.05) is 0 Å². The predicted molar refractivity (Wildman–Crippen MR) is 56.7 cm³/mol. The molecule has 5 nitrogen and oxygen atoms in total. The first-order valence-corrected chi connectivity index (χ1v) is 5.04. The van der Waals surface area contributed by atoms with Gasteiger partial charge in [-0.05, 0) is 22.6 Å². The van der Waals surface area contributed by atoms with Crippen molar-refractivity contribution in [3.05, 3.63) is 16.0 Å². The van der Waals surface area contributed by atoms with Crippen molar-refractivity contribution in [2.24, 2.45) is 0 Å². The van der Waals surface area contributed by atoms with E-state index in [0.29, 0.717) is 5.95 Å². The summed E-state index contributed by atoms with van der Waals surface area (Å²) in [4.78, 5) is 31.5. The van der Waals surface area contributed by atoms with Crippen LogP contribution in [0.15, 0.2) is 12.4 Å². The number of carbonyl (C=O) groups is 2. The zero-order chi connectivity index (χ0) is 10.1. The fraction of sp³-hybridized carbons (Fsp3) is 0.250. The summed E-state index contributed by atoms with van der Waals surface area (Å²) < 4.78 is 0.893. The van der Waals surface area contributed by atoms with E-state index in [1.165, 1.54) is 4.90 Å². The molecule has 0 aromatic carbocycles. The van der Waals surface area contributed by atoms with Crippen molar-refractivity contribution in [3.63, 3.8) is 0 Å². The van der Waals surface area contributed by atoms with Crippen LogP contribution in [0.5, 0.6) is 0 Å². The highest BCUT2D eigenvalue weighted by atomic mass is 127. The van der Waals surface area contributed by atoms with Gasteiger partial charge in [0.15, 0.2) is 5.78 Å². The maximum Gasteiger partial charge on any atom is 0.237 e. The number of aromatic nitrogens is 2. The van der Waals surface area contributed by atoms with Gasteiger partial charge in [0.05, 0.1) is 13.0 Å². The monoisotopic (exact) mass is 303 g/mol. The van der Waals surface area contributed by atoms with Gasteiger partial charge in [-0.25, -0.2) is 9.97 Å². The summed E-state index contributed by atoms with van der Waals surface area (Å²) in [6.45, 7) is 0.0967. The molecule has 1 aliphatic heterocycles. The molecule has 0 radical (unpaired) electrons. The second-order valence-electron chi connectivity index (χ2n) is 2.90. The second-order valence-corrected chi connectivity index (χ2v) is 4.14. The molecule has 0 atom stereocenters. The minimum absolute atomic E-state index is 0.0324. The number of amides is 1. The van der Waals surface area contributed by atoms with Gasteiger partial charge >= 0.3 is 0 Å². The first-order valence-electron chi connectivity index (χ1n) is 3.96. The van der Waals surface area contributed by atoms with Crippen LogP contribution in [-0.4, -0.2) is 28.2 Å². The van der Waals surface area contributed by atoms with Crippen LogP contribution in [0, 0.1) is 3.57 Å². The van der Waals surface area contributed by atoms with Crippen molar-refractivity contribution in [1.29, 1.82) is 0 Å². The summed E-state index contributed by atoms with van der Waals surface area (Å²) in [6, 6.07) is 0. The van der Waals surface area contributed by atoms with Crippen molar-refractivity contribution in [2.45, 2.75) is 6.42 Å². The molecule has 0 aliphatic carbocycles. The highest BCUT2D eigenvalue weighted by molar-refractivity contribution is 14.1. The van der Waals surface area contributed by atoms with E-state index < -0.39 is 0 Å². The van der Waals surface area contributed by atoms with Crippen molar-refractivity contribution in [2.75, 3.05) is 11.4 Å². The van der Waals surface area contributed by atoms with Crippen molar-refractivity contribution in [3.8, 4) is 0 Å². The number of hydrogen-bond acceptors (Lipinski definition) is 4. The molecule has 1 amide bonds. The Labute approximate surface area is 93.7 Å². The fourth-order valence-corrected chi connectivity index (χ4v) is 1.49. The van der Waals surface area contributed by atoms with Crippen LogP contribution in [-0.2, 0) is 9.59 Å². The average molecular weight is 303 g/mol. The van der Waals surface area contributed by atoms with Gasteiger partial charge in [0.2, 0.25) is 11.9 Å². The van der Waals surface area contributed by atoms with Crippen LogP contribution >= 0.6 is 22.6 Å². The minimum atomic E-state index is -0.226. The molecule has 1 fully saturated rings. The number of anilines is 1. The molecule has 2 rings (SSSR count). The smallest absolute Gasteiger partial charge is 0.237 e. The van der Waals surface area contributed by atoms with Crippen LogP contribution in [0.2, 0.25) is 0 Å². The zero-order valence-corrected chi connectivity index (χ0v) is 9.26. The Morgan fingerprint density at radius 1 is 1.29 bits per heavy atom. The molecule has 0 unspecified atom stereocenters. The lowest BCUT2D eigenvalue weighted by Gasteiger charge is -2.10. The number of halogens is 1. The lowest BCUT2D eigenvalue weighted by atomic mass is 10.3. The summed E-state index contributed by atoms with van der Waals surface area (Å²) >= 11 is 2.07. The Balaban J connectivity index is 2.27. The Morgan fingerprint density at radius 3 is 2.43 bits per heavy atom. The van der Waals surface area contributed by atoms with Gasteiger partial charge in [0.1, 0.15) is 0 Å². The molecule has 0 bridgehead atoms. The summed E-state index contributed by atoms with van der Waals surface area (Å²) in [6.07, 6.45) is 3.19. The van der Waals surface area contributed by atoms with Gasteiger partial charge in [-0.15, -0.1) is 0 Å². The summed E-state index contributed by atoms with van der Waals surface area (Å²) in [5.74, 6) is -0.00498. The number of carbonyl (C=O) groups excluding carboxylic acids is 2. The van der Waals surface area contributed by atoms with Crippen LogP contribution in [0.25, 0.3) is 0 Å². The Kier molecular flexibility index (Phi) is 2.44. The second kappa shape index (κ2) is 3.60. The van der Waals surface area contributed by atoms with Crippen LogP contribution in [0.1, 0.15) is 6.42 Å². The molecule has 14 heavy (non-hydrogen) atoms. The summed E-state index contributed by atoms with van der Waals surface area (Å²) in [5.41, 5.74) is 0. The predicted octanol–water partition coefficient (Wildman–Crippen LogP) is 0.387. The van der Waals surface area contributed by atoms with Crippen molar-refractivity contribution < 1.29 is 9.59 Å². The Bertz CT molecular complexity index is 390. The van der Waals surface area contributed by atoms with E-state index in [2.05, 4.69) is 32.6 Å². The number of hydrogen-bond donors (Lipinski definition) is 0. The average Bonchev–Trinajstić information content (AvgIpc) is 2.47. The third kappa shape index (κ3) is 1.74. The van der Waals surface area contributed by atoms with E-state index in [1.807, 2.05) is 0 Å². The maximum atomic E-state index is 11.3. The first-order chi connectivity index (χ1) is 6.66. The van der Waals surface area contributed by atoms with Crippen molar-refractivity contribution >= 4 is 40.2 Å². The Morgan fingerprint density at radius 2 is 1.93 bits per heavy atom. The summed E-state index contributed by atoms with van der Waals surface area (Å²) in [5, 5.41) is 0. The van der Waals surface area contributed by atoms with Gasteiger partial charge in [-0.2, -0.15) is 0 Å². The van der Waals surface area contributed by atoms with Gasteiger partial charge in [0, 0.05) is 16.0 Å². The van der Waals surface area contributed by atoms with Gasteiger partial charge < -0.3 is 0 Å². The molecular formula is C8H6IN3O2. The molecule has 0 spiro atoms. The highest BCUT2D eigenvalue weighted by Gasteiger charge is 2.30. The lowest BCUT2D eigenvalue weighted by Crippen LogP contribution is -2.26. The third-order valence-electron chi connectivity index (χ3n) is 1.83. The van der Waals surface area contributed by atoms with Crippen LogP contribution in [0.3, 0.4) is 0 Å². The standard InChI is InChI=1S/C8H6IN3O2/c9-5-2-10-8(11-3-5)12-4-6(13)1-7(12)14/h2-3H,1,4H2. The van der Waals surface area contributed by atoms with E-state index in [9.17, 15) is 9.59 Å². The van der Waals surface area contributed by atoms with E-state index >= 15 is 0 Å². The molecule has 0 saturated carbocycles. The molecule has 2 heterocycles. The molecular weight excluding hydrogens is 297 g/mol.